The van der Waals surface area contributed by atoms with Gasteiger partial charge in [-0.05, 0) is 24.3 Å². The summed E-state index contributed by atoms with van der Waals surface area (Å²) in [4.78, 5) is 9.11. The predicted octanol–water partition coefficient (Wildman–Crippen LogP) is 4.91. The Labute approximate surface area is 146 Å². The van der Waals surface area contributed by atoms with Crippen molar-refractivity contribution in [3.8, 4) is 5.69 Å². The van der Waals surface area contributed by atoms with E-state index in [4.69, 9.17) is 11.6 Å². The summed E-state index contributed by atoms with van der Waals surface area (Å²) in [6.07, 6.45) is 3.34. The summed E-state index contributed by atoms with van der Waals surface area (Å²) in [5.41, 5.74) is 2.76. The topological polar surface area (TPSA) is 43.6 Å². The molecule has 0 bridgehead atoms. The third kappa shape index (κ3) is 2.03. The van der Waals surface area contributed by atoms with Crippen LogP contribution < -0.4 is 0 Å². The second-order valence-electron chi connectivity index (χ2n) is 5.71. The summed E-state index contributed by atoms with van der Waals surface area (Å²) in [7, 11) is 0. The number of hydrogen-bond donors (Lipinski definition) is 0. The Kier molecular flexibility index (Phi) is 2.99. The van der Waals surface area contributed by atoms with Gasteiger partial charge >= 0.3 is 0 Å². The Hall–Kier alpha value is -3.05. The van der Waals surface area contributed by atoms with Gasteiger partial charge in [0.15, 0.2) is 5.65 Å². The minimum Gasteiger partial charge on any atom is -0.247 e. The Balaban J connectivity index is 1.90. The van der Waals surface area contributed by atoms with E-state index < -0.39 is 5.82 Å². The van der Waals surface area contributed by atoms with Gasteiger partial charge < -0.3 is 0 Å². The van der Waals surface area contributed by atoms with Crippen molar-refractivity contribution in [1.82, 2.24) is 19.7 Å². The van der Waals surface area contributed by atoms with Gasteiger partial charge in [-0.3, -0.25) is 0 Å². The van der Waals surface area contributed by atoms with Crippen molar-refractivity contribution in [2.45, 2.75) is 0 Å². The van der Waals surface area contributed by atoms with Gasteiger partial charge in [-0.25, -0.2) is 19.0 Å². The summed E-state index contributed by atoms with van der Waals surface area (Å²) in [5, 5.41) is 6.46. The summed E-state index contributed by atoms with van der Waals surface area (Å²) in [5.74, 6) is -0.392. The monoisotopic (exact) mass is 348 g/mol. The zero-order valence-electron chi connectivity index (χ0n) is 12.8. The van der Waals surface area contributed by atoms with E-state index in [1.54, 1.807) is 29.2 Å². The fraction of sp³-hybridized carbons (Fsp3) is 0. The molecule has 0 aliphatic heterocycles. The molecule has 120 valence electrons. The van der Waals surface area contributed by atoms with Crippen molar-refractivity contribution < 1.29 is 4.39 Å². The van der Waals surface area contributed by atoms with Gasteiger partial charge in [0.25, 0.3) is 0 Å². The molecule has 0 N–H and O–H groups in total. The first-order valence-electron chi connectivity index (χ1n) is 7.69. The van der Waals surface area contributed by atoms with E-state index in [2.05, 4.69) is 15.1 Å². The molecule has 0 aliphatic carbocycles. The molecule has 0 unspecified atom stereocenters. The van der Waals surface area contributed by atoms with Gasteiger partial charge in [-0.15, -0.1) is 0 Å². The van der Waals surface area contributed by atoms with Crippen molar-refractivity contribution in [2.75, 3.05) is 0 Å². The van der Waals surface area contributed by atoms with E-state index in [-0.39, 0.29) is 0 Å². The lowest BCUT2D eigenvalue weighted by Gasteiger charge is -2.07. The smallest absolute Gasteiger partial charge is 0.165 e. The molecule has 6 heteroatoms. The number of aromatic nitrogens is 4. The van der Waals surface area contributed by atoms with Crippen LogP contribution in [0.3, 0.4) is 0 Å². The molecular formula is C19H10ClFN4. The molecule has 5 rings (SSSR count). The number of fused-ring (bicyclic) bond motifs is 4. The van der Waals surface area contributed by atoms with E-state index in [1.165, 1.54) is 6.07 Å². The van der Waals surface area contributed by atoms with E-state index in [1.807, 2.05) is 30.3 Å². The average molecular weight is 349 g/mol. The first-order chi connectivity index (χ1) is 12.2. The number of benzene rings is 2. The first kappa shape index (κ1) is 14.3. The third-order valence-electron chi connectivity index (χ3n) is 4.25. The lowest BCUT2D eigenvalue weighted by molar-refractivity contribution is 0.640. The number of halogens is 2. The maximum absolute atomic E-state index is 14.2. The summed E-state index contributed by atoms with van der Waals surface area (Å²) in [6, 6.07) is 14.5. The Bertz CT molecular complexity index is 1260. The highest BCUT2D eigenvalue weighted by Crippen LogP contribution is 2.34. The average Bonchev–Trinajstić information content (AvgIpc) is 3.07. The van der Waals surface area contributed by atoms with Crippen LogP contribution in [0, 0.1) is 5.82 Å². The van der Waals surface area contributed by atoms with Crippen LogP contribution in [0.2, 0.25) is 5.02 Å². The molecule has 0 saturated carbocycles. The van der Waals surface area contributed by atoms with E-state index in [9.17, 15) is 4.39 Å². The third-order valence-corrected chi connectivity index (χ3v) is 4.64. The van der Waals surface area contributed by atoms with Gasteiger partial charge in [0.1, 0.15) is 5.82 Å². The Morgan fingerprint density at radius 2 is 1.76 bits per heavy atom. The van der Waals surface area contributed by atoms with Crippen LogP contribution >= 0.6 is 11.6 Å². The highest BCUT2D eigenvalue weighted by Gasteiger charge is 2.16. The maximum atomic E-state index is 14.2. The minimum absolute atomic E-state index is 0.313. The van der Waals surface area contributed by atoms with E-state index in [0.29, 0.717) is 32.5 Å². The second kappa shape index (κ2) is 5.22. The lowest BCUT2D eigenvalue weighted by atomic mass is 10.1. The van der Waals surface area contributed by atoms with Crippen molar-refractivity contribution in [1.29, 1.82) is 0 Å². The van der Waals surface area contributed by atoms with E-state index in [0.717, 1.165) is 11.1 Å². The van der Waals surface area contributed by atoms with Crippen molar-refractivity contribution >= 4 is 44.4 Å². The van der Waals surface area contributed by atoms with Crippen LogP contribution in [-0.4, -0.2) is 19.7 Å². The number of para-hydroxylation sites is 1. The quantitative estimate of drug-likeness (QED) is 0.404. The number of pyridine rings is 2. The van der Waals surface area contributed by atoms with Crippen molar-refractivity contribution in [2.24, 2.45) is 0 Å². The molecule has 2 aromatic carbocycles. The molecule has 3 heterocycles. The lowest BCUT2D eigenvalue weighted by Crippen LogP contribution is -1.97. The SMILES string of the molecule is Fc1cccc2nc3c(cnc4c3cnn4-c3ccccc3)c(Cl)c12. The molecule has 25 heavy (non-hydrogen) atoms. The normalized spacial score (nSPS) is 11.6. The molecule has 0 atom stereocenters. The molecule has 3 aromatic heterocycles. The highest BCUT2D eigenvalue weighted by atomic mass is 35.5. The number of nitrogens with zero attached hydrogens (tertiary/aromatic N) is 4. The molecule has 0 spiro atoms. The summed E-state index contributed by atoms with van der Waals surface area (Å²) < 4.78 is 15.9. The molecule has 0 amide bonds. The second-order valence-corrected chi connectivity index (χ2v) is 6.09. The van der Waals surface area contributed by atoms with Crippen LogP contribution in [-0.2, 0) is 0 Å². The van der Waals surface area contributed by atoms with Crippen LogP contribution in [0.4, 0.5) is 4.39 Å². The molecule has 0 aliphatic rings. The molecule has 0 saturated heterocycles. The van der Waals surface area contributed by atoms with Crippen LogP contribution in [0.25, 0.3) is 38.5 Å². The summed E-state index contributed by atoms with van der Waals surface area (Å²) >= 11 is 6.46. The van der Waals surface area contributed by atoms with Crippen LogP contribution in [0.5, 0.6) is 0 Å². The molecule has 0 radical (unpaired) electrons. The van der Waals surface area contributed by atoms with Gasteiger partial charge in [-0.2, -0.15) is 5.10 Å². The Morgan fingerprint density at radius 1 is 0.920 bits per heavy atom. The fourth-order valence-corrected chi connectivity index (χ4v) is 3.41. The standard InChI is InChI=1S/C19H10ClFN4/c20-17-12-9-22-19-13(10-23-25(19)11-5-2-1-3-6-11)18(12)24-15-8-4-7-14(21)16(15)17/h1-10H. The molecule has 0 fully saturated rings. The zero-order chi connectivity index (χ0) is 17.0. The minimum atomic E-state index is -0.392. The maximum Gasteiger partial charge on any atom is 0.165 e. The molecule has 5 aromatic rings. The Morgan fingerprint density at radius 3 is 2.60 bits per heavy atom. The van der Waals surface area contributed by atoms with Gasteiger partial charge in [0.2, 0.25) is 0 Å². The highest BCUT2D eigenvalue weighted by molar-refractivity contribution is 6.41. The summed E-state index contributed by atoms with van der Waals surface area (Å²) in [6.45, 7) is 0. The first-order valence-corrected chi connectivity index (χ1v) is 8.07. The van der Waals surface area contributed by atoms with E-state index >= 15 is 0 Å². The van der Waals surface area contributed by atoms with Crippen molar-refractivity contribution in [3.63, 3.8) is 0 Å². The van der Waals surface area contributed by atoms with Gasteiger partial charge in [0.05, 0.1) is 38.7 Å². The van der Waals surface area contributed by atoms with Crippen LogP contribution in [0.1, 0.15) is 0 Å². The molecular weight excluding hydrogens is 339 g/mol. The van der Waals surface area contributed by atoms with Crippen LogP contribution in [0.15, 0.2) is 60.9 Å². The van der Waals surface area contributed by atoms with Gasteiger partial charge in [0, 0.05) is 11.6 Å². The molecule has 4 nitrogen and oxygen atoms in total. The number of hydrogen-bond acceptors (Lipinski definition) is 3. The number of rotatable bonds is 1. The van der Waals surface area contributed by atoms with Crippen molar-refractivity contribution in [3.05, 3.63) is 71.8 Å². The predicted molar refractivity (Wildman–Crippen MR) is 96.6 cm³/mol. The largest absolute Gasteiger partial charge is 0.247 e. The fourth-order valence-electron chi connectivity index (χ4n) is 3.08. The zero-order valence-corrected chi connectivity index (χ0v) is 13.6. The van der Waals surface area contributed by atoms with Gasteiger partial charge in [-0.1, -0.05) is 35.9 Å².